The van der Waals surface area contributed by atoms with Crippen molar-refractivity contribution in [3.63, 3.8) is 0 Å². The van der Waals surface area contributed by atoms with Crippen molar-refractivity contribution in [1.29, 1.82) is 0 Å². The Balaban J connectivity index is 2.04. The minimum absolute atomic E-state index is 0.199. The molecule has 2 aromatic heterocycles. The minimum atomic E-state index is -5.07. The van der Waals surface area contributed by atoms with Crippen LogP contribution >= 0.6 is 27.3 Å². The number of aromatic nitrogens is 2. The molecule has 0 aliphatic rings. The Bertz CT molecular complexity index is 927. The van der Waals surface area contributed by atoms with E-state index in [0.29, 0.717) is 10.6 Å². The molecule has 5 nitrogen and oxygen atoms in total. The van der Waals surface area contributed by atoms with E-state index in [-0.39, 0.29) is 5.75 Å². The lowest BCUT2D eigenvalue weighted by Crippen LogP contribution is -2.01. The molecule has 0 bridgehead atoms. The molecule has 0 aliphatic heterocycles. The Morgan fingerprint density at radius 3 is 2.81 bits per heavy atom. The molecule has 9 heteroatoms. The summed E-state index contributed by atoms with van der Waals surface area (Å²) in [5.74, 6) is -0.199. The van der Waals surface area contributed by atoms with Crippen LogP contribution in [0, 0.1) is 0 Å². The Morgan fingerprint density at radius 2 is 2.05 bits per heavy atom. The van der Waals surface area contributed by atoms with Crippen molar-refractivity contribution in [2.75, 3.05) is 0 Å². The fourth-order valence-electron chi connectivity index (χ4n) is 1.72. The number of pyridine rings is 1. The van der Waals surface area contributed by atoms with E-state index in [0.717, 1.165) is 20.9 Å². The maximum absolute atomic E-state index is 12.5. The molecular formula is C12H6BrFN2O3S2. The van der Waals surface area contributed by atoms with Crippen LogP contribution in [0.5, 0.6) is 5.75 Å². The molecule has 0 aliphatic carbocycles. The van der Waals surface area contributed by atoms with E-state index in [2.05, 4.69) is 30.1 Å². The zero-order valence-corrected chi connectivity index (χ0v) is 13.4. The number of halogens is 2. The van der Waals surface area contributed by atoms with Gasteiger partial charge < -0.3 is 4.18 Å². The zero-order chi connectivity index (χ0) is 15.0. The first kappa shape index (κ1) is 14.4. The van der Waals surface area contributed by atoms with Crippen molar-refractivity contribution in [2.45, 2.75) is 0 Å². The van der Waals surface area contributed by atoms with Crippen molar-refractivity contribution in [3.05, 3.63) is 41.1 Å². The van der Waals surface area contributed by atoms with Gasteiger partial charge in [-0.15, -0.1) is 11.3 Å². The molecule has 0 spiro atoms. The summed E-state index contributed by atoms with van der Waals surface area (Å²) in [6.07, 6.45) is 2.62. The molecule has 0 saturated carbocycles. The molecule has 0 N–H and O–H groups in total. The smallest absolute Gasteiger partial charge is 0.357 e. The van der Waals surface area contributed by atoms with Crippen molar-refractivity contribution in [1.82, 2.24) is 9.97 Å². The number of benzene rings is 1. The molecule has 108 valence electrons. The van der Waals surface area contributed by atoms with Crippen LogP contribution in [0.3, 0.4) is 0 Å². The van der Waals surface area contributed by atoms with Gasteiger partial charge in [0.2, 0.25) is 0 Å². The standard InChI is InChI=1S/C12H6BrFN2O3S2/c13-8-1-2-11-10(4-8)16-12(20-11)7-3-9(6-15-5-7)19-21(14,17)18/h1-6H. The predicted octanol–water partition coefficient (Wildman–Crippen LogP) is 3.71. The minimum Gasteiger partial charge on any atom is -0.357 e. The molecule has 1 aromatic carbocycles. The maximum Gasteiger partial charge on any atom is 0.488 e. The van der Waals surface area contributed by atoms with Gasteiger partial charge in [0.1, 0.15) is 5.01 Å². The average molecular weight is 389 g/mol. The van der Waals surface area contributed by atoms with Crippen LogP contribution in [-0.4, -0.2) is 18.4 Å². The van der Waals surface area contributed by atoms with E-state index in [4.69, 9.17) is 0 Å². The van der Waals surface area contributed by atoms with Crippen LogP contribution in [0.25, 0.3) is 20.8 Å². The van der Waals surface area contributed by atoms with Crippen LogP contribution in [0.4, 0.5) is 3.89 Å². The monoisotopic (exact) mass is 388 g/mol. The zero-order valence-electron chi connectivity index (χ0n) is 10.2. The summed E-state index contributed by atoms with van der Waals surface area (Å²) < 4.78 is 39.6. The second kappa shape index (κ2) is 5.32. The summed E-state index contributed by atoms with van der Waals surface area (Å²) in [5, 5.41) is 0.636. The Hall–Kier alpha value is -1.58. The van der Waals surface area contributed by atoms with Crippen molar-refractivity contribution < 1.29 is 16.5 Å². The largest absolute Gasteiger partial charge is 0.488 e. The van der Waals surface area contributed by atoms with Gasteiger partial charge in [0, 0.05) is 16.2 Å². The molecule has 0 atom stereocenters. The van der Waals surface area contributed by atoms with Gasteiger partial charge in [-0.2, -0.15) is 8.42 Å². The summed E-state index contributed by atoms with van der Waals surface area (Å²) in [7, 11) is -5.07. The van der Waals surface area contributed by atoms with Gasteiger partial charge >= 0.3 is 10.5 Å². The summed E-state index contributed by atoms with van der Waals surface area (Å²) in [5.41, 5.74) is 1.35. The quantitative estimate of drug-likeness (QED) is 0.639. The van der Waals surface area contributed by atoms with Gasteiger partial charge in [0.25, 0.3) is 0 Å². The average Bonchev–Trinajstić information content (AvgIpc) is 2.80. The lowest BCUT2D eigenvalue weighted by Gasteiger charge is -2.00. The number of fused-ring (bicyclic) bond motifs is 1. The predicted molar refractivity (Wildman–Crippen MR) is 81.2 cm³/mol. The molecule has 2 heterocycles. The second-order valence-electron chi connectivity index (χ2n) is 4.02. The summed E-state index contributed by atoms with van der Waals surface area (Å²) in [6.45, 7) is 0. The lowest BCUT2D eigenvalue weighted by atomic mass is 10.3. The summed E-state index contributed by atoms with van der Waals surface area (Å²) in [6, 6.07) is 7.06. The molecule has 0 fully saturated rings. The molecule has 0 saturated heterocycles. The van der Waals surface area contributed by atoms with E-state index in [9.17, 15) is 12.3 Å². The van der Waals surface area contributed by atoms with Gasteiger partial charge in [-0.1, -0.05) is 19.8 Å². The van der Waals surface area contributed by atoms with E-state index >= 15 is 0 Å². The fourth-order valence-corrected chi connectivity index (χ4v) is 3.32. The van der Waals surface area contributed by atoms with Gasteiger partial charge in [-0.05, 0) is 24.3 Å². The van der Waals surface area contributed by atoms with Crippen LogP contribution in [-0.2, 0) is 10.5 Å². The summed E-state index contributed by atoms with van der Waals surface area (Å²) >= 11 is 4.78. The fraction of sp³-hybridized carbons (Fsp3) is 0. The third-order valence-corrected chi connectivity index (χ3v) is 4.48. The number of rotatable bonds is 3. The van der Waals surface area contributed by atoms with Crippen LogP contribution < -0.4 is 4.18 Å². The highest BCUT2D eigenvalue weighted by Gasteiger charge is 2.12. The van der Waals surface area contributed by atoms with Crippen LogP contribution in [0.2, 0.25) is 0 Å². The normalized spacial score (nSPS) is 11.7. The van der Waals surface area contributed by atoms with Gasteiger partial charge in [0.15, 0.2) is 5.75 Å². The Morgan fingerprint density at radius 1 is 1.24 bits per heavy atom. The summed E-state index contributed by atoms with van der Waals surface area (Å²) in [4.78, 5) is 8.27. The highest BCUT2D eigenvalue weighted by molar-refractivity contribution is 9.10. The SMILES string of the molecule is O=S(=O)(F)Oc1cncc(-c2nc3cc(Br)ccc3s2)c1. The van der Waals surface area contributed by atoms with Crippen LogP contribution in [0.1, 0.15) is 0 Å². The van der Waals surface area contributed by atoms with Gasteiger partial charge in [-0.3, -0.25) is 4.98 Å². The van der Waals surface area contributed by atoms with Gasteiger partial charge in [0.05, 0.1) is 16.4 Å². The first-order valence-corrected chi connectivity index (χ1v) is 8.48. The first-order valence-electron chi connectivity index (χ1n) is 5.56. The maximum atomic E-state index is 12.5. The molecule has 21 heavy (non-hydrogen) atoms. The highest BCUT2D eigenvalue weighted by atomic mass is 79.9. The molecule has 0 amide bonds. The van der Waals surface area contributed by atoms with E-state index in [1.807, 2.05) is 18.2 Å². The number of nitrogens with zero attached hydrogens (tertiary/aromatic N) is 2. The van der Waals surface area contributed by atoms with Gasteiger partial charge in [-0.25, -0.2) is 4.98 Å². The molecule has 3 rings (SSSR count). The van der Waals surface area contributed by atoms with Crippen molar-refractivity contribution in [3.8, 4) is 16.3 Å². The Kier molecular flexibility index (Phi) is 3.64. The van der Waals surface area contributed by atoms with Crippen LogP contribution in [0.15, 0.2) is 41.1 Å². The molecule has 0 unspecified atom stereocenters. The molecular weight excluding hydrogens is 383 g/mol. The van der Waals surface area contributed by atoms with E-state index in [1.165, 1.54) is 23.6 Å². The van der Waals surface area contributed by atoms with Crippen molar-refractivity contribution >= 4 is 48.0 Å². The van der Waals surface area contributed by atoms with Crippen molar-refractivity contribution in [2.24, 2.45) is 0 Å². The first-order chi connectivity index (χ1) is 9.90. The molecule has 3 aromatic rings. The third kappa shape index (κ3) is 3.36. The third-order valence-electron chi connectivity index (χ3n) is 2.51. The topological polar surface area (TPSA) is 69.2 Å². The molecule has 0 radical (unpaired) electrons. The number of thiazole rings is 1. The van der Waals surface area contributed by atoms with E-state index in [1.54, 1.807) is 0 Å². The Labute approximate surface area is 132 Å². The number of hydrogen-bond acceptors (Lipinski definition) is 6. The highest BCUT2D eigenvalue weighted by Crippen LogP contribution is 2.32. The van der Waals surface area contributed by atoms with E-state index < -0.39 is 10.5 Å². The lowest BCUT2D eigenvalue weighted by molar-refractivity contribution is 0.439. The number of hydrogen-bond donors (Lipinski definition) is 0. The second-order valence-corrected chi connectivity index (χ2v) is 6.92.